The van der Waals surface area contributed by atoms with Gasteiger partial charge in [0.15, 0.2) is 4.32 Å². The second-order valence-corrected chi connectivity index (χ2v) is 7.69. The summed E-state index contributed by atoms with van der Waals surface area (Å²) in [4.78, 5) is 15.1. The molecule has 0 atom stereocenters. The maximum Gasteiger partial charge on any atom is 0.286 e. The standard InChI is InChI=1S/C21H19N3OS2/c1-23(2)18-13-11-17(12-14-18)15-22-24-20(25)19(27-21(24)26)10-6-9-16-7-4-3-5-8-16/h3-15H,1-2H3/b9-6-,19-10+,22-15+. The first-order valence-electron chi connectivity index (χ1n) is 8.35. The quantitative estimate of drug-likeness (QED) is 0.424. The Labute approximate surface area is 168 Å². The highest BCUT2D eigenvalue weighted by Gasteiger charge is 2.31. The molecule has 2 aromatic rings. The average molecular weight is 394 g/mol. The van der Waals surface area contributed by atoms with Crippen LogP contribution in [0, 0.1) is 0 Å². The van der Waals surface area contributed by atoms with Crippen LogP contribution >= 0.6 is 24.0 Å². The van der Waals surface area contributed by atoms with Crippen LogP contribution in [0.25, 0.3) is 6.08 Å². The Kier molecular flexibility index (Phi) is 6.21. The molecule has 0 radical (unpaired) electrons. The largest absolute Gasteiger partial charge is 0.378 e. The number of thiocarbonyl (C=S) groups is 1. The van der Waals surface area contributed by atoms with Gasteiger partial charge in [-0.2, -0.15) is 10.1 Å². The molecule has 136 valence electrons. The monoisotopic (exact) mass is 393 g/mol. The van der Waals surface area contributed by atoms with Crippen molar-refractivity contribution in [2.24, 2.45) is 5.10 Å². The third kappa shape index (κ3) is 4.93. The number of hydrazone groups is 1. The molecule has 0 aromatic heterocycles. The molecule has 4 nitrogen and oxygen atoms in total. The summed E-state index contributed by atoms with van der Waals surface area (Å²) in [7, 11) is 3.98. The lowest BCUT2D eigenvalue weighted by atomic mass is 10.2. The van der Waals surface area contributed by atoms with Crippen molar-refractivity contribution in [1.29, 1.82) is 0 Å². The molecule has 2 aromatic carbocycles. The zero-order chi connectivity index (χ0) is 19.2. The summed E-state index contributed by atoms with van der Waals surface area (Å²) in [5, 5.41) is 5.53. The fourth-order valence-corrected chi connectivity index (χ4v) is 3.49. The third-order valence-corrected chi connectivity index (χ3v) is 5.14. The molecule has 0 spiro atoms. The lowest BCUT2D eigenvalue weighted by Gasteiger charge is -2.12. The SMILES string of the molecule is CN(C)c1ccc(/C=N/N2C(=O)/C(=C\C=C/c3ccccc3)SC2=S)cc1. The summed E-state index contributed by atoms with van der Waals surface area (Å²) in [6.45, 7) is 0. The second-order valence-electron chi connectivity index (χ2n) is 6.02. The molecule has 0 bridgehead atoms. The van der Waals surface area contributed by atoms with E-state index in [1.165, 1.54) is 16.8 Å². The van der Waals surface area contributed by atoms with Crippen molar-refractivity contribution in [2.75, 3.05) is 19.0 Å². The first-order chi connectivity index (χ1) is 13.0. The summed E-state index contributed by atoms with van der Waals surface area (Å²) in [6.07, 6.45) is 7.22. The Morgan fingerprint density at radius 2 is 1.74 bits per heavy atom. The van der Waals surface area contributed by atoms with Gasteiger partial charge in [0.25, 0.3) is 5.91 Å². The number of amides is 1. The highest BCUT2D eigenvalue weighted by molar-refractivity contribution is 8.26. The minimum Gasteiger partial charge on any atom is -0.378 e. The predicted molar refractivity (Wildman–Crippen MR) is 119 cm³/mol. The number of hydrogen-bond acceptors (Lipinski definition) is 5. The van der Waals surface area contributed by atoms with Crippen molar-refractivity contribution in [3.8, 4) is 0 Å². The van der Waals surface area contributed by atoms with Gasteiger partial charge in [0.05, 0.1) is 11.1 Å². The van der Waals surface area contributed by atoms with Gasteiger partial charge in [0.2, 0.25) is 0 Å². The van der Waals surface area contributed by atoms with E-state index in [-0.39, 0.29) is 5.91 Å². The van der Waals surface area contributed by atoms with Crippen LogP contribution in [0.2, 0.25) is 0 Å². The van der Waals surface area contributed by atoms with E-state index in [1.54, 1.807) is 12.3 Å². The molecular formula is C21H19N3OS2. The third-order valence-electron chi connectivity index (χ3n) is 3.84. The summed E-state index contributed by atoms with van der Waals surface area (Å²) in [5.41, 5.74) is 3.08. The van der Waals surface area contributed by atoms with Gasteiger partial charge in [0, 0.05) is 19.8 Å². The van der Waals surface area contributed by atoms with E-state index in [1.807, 2.05) is 85.7 Å². The van der Waals surface area contributed by atoms with Gasteiger partial charge in [-0.1, -0.05) is 66.4 Å². The van der Waals surface area contributed by atoms with Crippen LogP contribution in [0.5, 0.6) is 0 Å². The van der Waals surface area contributed by atoms with Crippen LogP contribution in [0.1, 0.15) is 11.1 Å². The van der Waals surface area contributed by atoms with Gasteiger partial charge in [-0.05, 0) is 41.6 Å². The first kappa shape index (κ1) is 19.1. The van der Waals surface area contributed by atoms with E-state index in [0.29, 0.717) is 9.23 Å². The van der Waals surface area contributed by atoms with Crippen molar-refractivity contribution in [2.45, 2.75) is 0 Å². The zero-order valence-corrected chi connectivity index (χ0v) is 16.7. The number of allylic oxidation sites excluding steroid dienone is 2. The number of rotatable bonds is 5. The molecule has 0 unspecified atom stereocenters. The van der Waals surface area contributed by atoms with Gasteiger partial charge < -0.3 is 4.90 Å². The van der Waals surface area contributed by atoms with Crippen LogP contribution in [0.15, 0.2) is 76.8 Å². The van der Waals surface area contributed by atoms with Gasteiger partial charge in [-0.25, -0.2) is 0 Å². The molecule has 6 heteroatoms. The minimum absolute atomic E-state index is 0.205. The van der Waals surface area contributed by atoms with Gasteiger partial charge in [-0.15, -0.1) is 0 Å². The molecule has 1 aliphatic heterocycles. The number of hydrogen-bond donors (Lipinski definition) is 0. The van der Waals surface area contributed by atoms with E-state index in [0.717, 1.165) is 16.8 Å². The lowest BCUT2D eigenvalue weighted by Crippen LogP contribution is -2.22. The molecule has 3 rings (SSSR count). The van der Waals surface area contributed by atoms with Crippen molar-refractivity contribution < 1.29 is 4.79 Å². The Bertz CT molecular complexity index is 916. The number of carbonyl (C=O) groups is 1. The van der Waals surface area contributed by atoms with Crippen LogP contribution in [0.3, 0.4) is 0 Å². The normalized spacial score (nSPS) is 16.2. The van der Waals surface area contributed by atoms with Crippen molar-refractivity contribution >= 4 is 52.2 Å². The summed E-state index contributed by atoms with van der Waals surface area (Å²) >= 11 is 6.55. The maximum atomic E-state index is 12.5. The number of carbonyl (C=O) groups excluding carboxylic acids is 1. The van der Waals surface area contributed by atoms with Crippen molar-refractivity contribution in [1.82, 2.24) is 5.01 Å². The number of nitrogens with zero attached hydrogens (tertiary/aromatic N) is 3. The van der Waals surface area contributed by atoms with Gasteiger partial charge >= 0.3 is 0 Å². The molecule has 0 saturated carbocycles. The van der Waals surface area contributed by atoms with E-state index in [2.05, 4.69) is 5.10 Å². The molecule has 0 aliphatic carbocycles. The van der Waals surface area contributed by atoms with E-state index in [9.17, 15) is 4.79 Å². The Hall–Kier alpha value is -2.70. The minimum atomic E-state index is -0.205. The van der Waals surface area contributed by atoms with Crippen LogP contribution in [0.4, 0.5) is 5.69 Å². The number of thioether (sulfide) groups is 1. The van der Waals surface area contributed by atoms with Crippen molar-refractivity contribution in [3.63, 3.8) is 0 Å². The van der Waals surface area contributed by atoms with Gasteiger partial charge in [-0.3, -0.25) is 4.79 Å². The molecule has 1 fully saturated rings. The van der Waals surface area contributed by atoms with E-state index in [4.69, 9.17) is 12.2 Å². The lowest BCUT2D eigenvalue weighted by molar-refractivity contribution is -0.122. The number of anilines is 1. The summed E-state index contributed by atoms with van der Waals surface area (Å²) < 4.78 is 0.431. The Morgan fingerprint density at radius 3 is 2.41 bits per heavy atom. The Balaban J connectivity index is 1.68. The smallest absolute Gasteiger partial charge is 0.286 e. The molecular weight excluding hydrogens is 374 g/mol. The van der Waals surface area contributed by atoms with Crippen LogP contribution < -0.4 is 4.90 Å². The Morgan fingerprint density at radius 1 is 1.04 bits per heavy atom. The van der Waals surface area contributed by atoms with Gasteiger partial charge in [0.1, 0.15) is 0 Å². The topological polar surface area (TPSA) is 35.9 Å². The maximum absolute atomic E-state index is 12.5. The molecule has 1 saturated heterocycles. The predicted octanol–water partition coefficient (Wildman–Crippen LogP) is 4.54. The molecule has 1 aliphatic rings. The van der Waals surface area contributed by atoms with E-state index >= 15 is 0 Å². The number of benzene rings is 2. The van der Waals surface area contributed by atoms with Crippen LogP contribution in [-0.2, 0) is 4.79 Å². The zero-order valence-electron chi connectivity index (χ0n) is 15.1. The fraction of sp³-hybridized carbons (Fsp3) is 0.0952. The molecule has 0 N–H and O–H groups in total. The van der Waals surface area contributed by atoms with Crippen molar-refractivity contribution in [3.05, 3.63) is 82.8 Å². The molecule has 1 heterocycles. The van der Waals surface area contributed by atoms with Crippen LogP contribution in [-0.4, -0.2) is 35.5 Å². The highest BCUT2D eigenvalue weighted by atomic mass is 32.2. The highest BCUT2D eigenvalue weighted by Crippen LogP contribution is 2.31. The second kappa shape index (κ2) is 8.79. The molecule has 27 heavy (non-hydrogen) atoms. The molecule has 1 amide bonds. The first-order valence-corrected chi connectivity index (χ1v) is 9.58. The average Bonchev–Trinajstić information content (AvgIpc) is 2.94. The summed E-state index contributed by atoms with van der Waals surface area (Å²) in [5.74, 6) is -0.205. The fourth-order valence-electron chi connectivity index (χ4n) is 2.37. The van der Waals surface area contributed by atoms with E-state index < -0.39 is 0 Å². The summed E-state index contributed by atoms with van der Waals surface area (Å²) in [6, 6.07) is 17.8.